The van der Waals surface area contributed by atoms with Gasteiger partial charge in [-0.15, -0.1) is 0 Å². The molecule has 2 N–H and O–H groups in total. The Morgan fingerprint density at radius 3 is 2.75 bits per heavy atom. The highest BCUT2D eigenvalue weighted by molar-refractivity contribution is 5.40. The zero-order valence-electron chi connectivity index (χ0n) is 10.8. The lowest BCUT2D eigenvalue weighted by Gasteiger charge is -2.10. The fourth-order valence-corrected chi connectivity index (χ4v) is 1.89. The van der Waals surface area contributed by atoms with Gasteiger partial charge in [0.15, 0.2) is 0 Å². The molecule has 0 aliphatic carbocycles. The molecular formula is C12H23N3O. The lowest BCUT2D eigenvalue weighted by molar-refractivity contribution is 0.183. The molecule has 0 aromatic carbocycles. The molecule has 92 valence electrons. The van der Waals surface area contributed by atoms with Gasteiger partial charge < -0.3 is 15.0 Å². The summed E-state index contributed by atoms with van der Waals surface area (Å²) in [6, 6.07) is 0. The minimum atomic E-state index is 0.256. The van der Waals surface area contributed by atoms with E-state index in [1.54, 1.807) is 7.11 Å². The average molecular weight is 225 g/mol. The summed E-state index contributed by atoms with van der Waals surface area (Å²) in [6.07, 6.45) is 2.31. The molecule has 0 spiro atoms. The third-order valence-corrected chi connectivity index (χ3v) is 2.84. The Bertz CT molecular complexity index is 333. The van der Waals surface area contributed by atoms with Gasteiger partial charge in [-0.3, -0.25) is 0 Å². The molecule has 4 heteroatoms. The summed E-state index contributed by atoms with van der Waals surface area (Å²) in [7, 11) is 1.70. The van der Waals surface area contributed by atoms with Crippen LogP contribution in [0.25, 0.3) is 0 Å². The van der Waals surface area contributed by atoms with Gasteiger partial charge in [0.1, 0.15) is 11.6 Å². The van der Waals surface area contributed by atoms with Crippen molar-refractivity contribution in [1.29, 1.82) is 0 Å². The molecule has 1 atom stereocenters. The third kappa shape index (κ3) is 2.76. The van der Waals surface area contributed by atoms with E-state index in [0.29, 0.717) is 6.61 Å². The Balaban J connectivity index is 2.87. The smallest absolute Gasteiger partial charge is 0.127 e. The van der Waals surface area contributed by atoms with E-state index in [1.165, 1.54) is 6.42 Å². The zero-order valence-corrected chi connectivity index (χ0v) is 10.8. The van der Waals surface area contributed by atoms with Gasteiger partial charge in [-0.1, -0.05) is 20.3 Å². The number of ether oxygens (including phenoxy) is 1. The molecule has 0 bridgehead atoms. The molecule has 16 heavy (non-hydrogen) atoms. The average Bonchev–Trinajstić information content (AvgIpc) is 2.53. The maximum atomic E-state index is 6.12. The van der Waals surface area contributed by atoms with Crippen LogP contribution < -0.4 is 5.73 Å². The largest absolute Gasteiger partial charge is 0.384 e. The van der Waals surface area contributed by atoms with Crippen molar-refractivity contribution < 1.29 is 4.74 Å². The van der Waals surface area contributed by atoms with Crippen molar-refractivity contribution in [1.82, 2.24) is 9.55 Å². The number of hydrogen-bond acceptors (Lipinski definition) is 3. The standard InChI is InChI=1S/C12H23N3O/c1-5-6-7-15-10(3)14-11(12(15)13)9(2)8-16-4/h9H,5-8,13H2,1-4H3. The van der Waals surface area contributed by atoms with Crippen LogP contribution in [0.1, 0.15) is 44.1 Å². The highest BCUT2D eigenvalue weighted by Crippen LogP contribution is 2.23. The normalized spacial score (nSPS) is 13.0. The molecule has 0 saturated heterocycles. The number of rotatable bonds is 6. The Hall–Kier alpha value is -1.03. The van der Waals surface area contributed by atoms with E-state index in [9.17, 15) is 0 Å². The SMILES string of the molecule is CCCCn1c(C)nc(C(C)COC)c1N. The van der Waals surface area contributed by atoms with Crippen molar-refractivity contribution in [3.63, 3.8) is 0 Å². The van der Waals surface area contributed by atoms with E-state index in [0.717, 1.165) is 30.3 Å². The summed E-state index contributed by atoms with van der Waals surface area (Å²) in [4.78, 5) is 4.54. The topological polar surface area (TPSA) is 53.1 Å². The van der Waals surface area contributed by atoms with E-state index in [4.69, 9.17) is 10.5 Å². The van der Waals surface area contributed by atoms with E-state index < -0.39 is 0 Å². The maximum absolute atomic E-state index is 6.12. The van der Waals surface area contributed by atoms with Crippen LogP contribution in [-0.2, 0) is 11.3 Å². The summed E-state index contributed by atoms with van der Waals surface area (Å²) < 4.78 is 7.24. The van der Waals surface area contributed by atoms with Crippen LogP contribution >= 0.6 is 0 Å². The van der Waals surface area contributed by atoms with Gasteiger partial charge in [0, 0.05) is 19.6 Å². The fourth-order valence-electron chi connectivity index (χ4n) is 1.89. The molecule has 1 aromatic heterocycles. The number of nitrogen functional groups attached to an aromatic ring is 1. The van der Waals surface area contributed by atoms with E-state index >= 15 is 0 Å². The second kappa shape index (κ2) is 5.89. The molecule has 1 rings (SSSR count). The Labute approximate surface area is 97.8 Å². The molecule has 1 aromatic rings. The van der Waals surface area contributed by atoms with Crippen molar-refractivity contribution in [2.75, 3.05) is 19.5 Å². The number of imidazole rings is 1. The molecule has 0 fully saturated rings. The van der Waals surface area contributed by atoms with Crippen molar-refractivity contribution in [3.8, 4) is 0 Å². The first-order chi connectivity index (χ1) is 7.61. The monoisotopic (exact) mass is 225 g/mol. The quantitative estimate of drug-likeness (QED) is 0.808. The number of nitrogens with zero attached hydrogens (tertiary/aromatic N) is 2. The molecule has 1 unspecified atom stereocenters. The molecule has 0 radical (unpaired) electrons. The van der Waals surface area contributed by atoms with Gasteiger partial charge in [0.25, 0.3) is 0 Å². The molecule has 4 nitrogen and oxygen atoms in total. The highest BCUT2D eigenvalue weighted by atomic mass is 16.5. The number of aromatic nitrogens is 2. The van der Waals surface area contributed by atoms with Crippen LogP contribution in [0.5, 0.6) is 0 Å². The van der Waals surface area contributed by atoms with Gasteiger partial charge in [0.05, 0.1) is 12.3 Å². The van der Waals surface area contributed by atoms with Crippen molar-refractivity contribution >= 4 is 5.82 Å². The summed E-state index contributed by atoms with van der Waals surface area (Å²) in [5.74, 6) is 2.06. The van der Waals surface area contributed by atoms with Crippen LogP contribution in [0.2, 0.25) is 0 Å². The number of anilines is 1. The third-order valence-electron chi connectivity index (χ3n) is 2.84. The molecule has 0 amide bonds. The Morgan fingerprint density at radius 2 is 2.19 bits per heavy atom. The predicted molar refractivity (Wildman–Crippen MR) is 66.6 cm³/mol. The number of unbranched alkanes of at least 4 members (excludes halogenated alkanes) is 1. The summed E-state index contributed by atoms with van der Waals surface area (Å²) >= 11 is 0. The lowest BCUT2D eigenvalue weighted by Crippen LogP contribution is -2.08. The molecule has 0 aliphatic heterocycles. The second-order valence-electron chi connectivity index (χ2n) is 4.29. The minimum absolute atomic E-state index is 0.256. The summed E-state index contributed by atoms with van der Waals surface area (Å²) in [5, 5.41) is 0. The Kier molecular flexibility index (Phi) is 4.80. The zero-order chi connectivity index (χ0) is 12.1. The lowest BCUT2D eigenvalue weighted by atomic mass is 10.1. The Morgan fingerprint density at radius 1 is 1.50 bits per heavy atom. The van der Waals surface area contributed by atoms with Crippen LogP contribution in [0.15, 0.2) is 0 Å². The number of aryl methyl sites for hydroxylation is 1. The number of methoxy groups -OCH3 is 1. The van der Waals surface area contributed by atoms with Crippen molar-refractivity contribution in [2.24, 2.45) is 0 Å². The predicted octanol–water partition coefficient (Wildman–Crippen LogP) is 2.32. The van der Waals surface area contributed by atoms with Gasteiger partial charge in [-0.25, -0.2) is 4.98 Å². The molecule has 0 saturated carbocycles. The molecule has 0 aliphatic rings. The van der Waals surface area contributed by atoms with Gasteiger partial charge in [-0.2, -0.15) is 0 Å². The van der Waals surface area contributed by atoms with Crippen LogP contribution in [0.3, 0.4) is 0 Å². The van der Waals surface area contributed by atoms with Crippen molar-refractivity contribution in [2.45, 2.75) is 46.1 Å². The molecule has 1 heterocycles. The van der Waals surface area contributed by atoms with E-state index in [1.807, 2.05) is 6.92 Å². The summed E-state index contributed by atoms with van der Waals surface area (Å²) in [5.41, 5.74) is 7.09. The van der Waals surface area contributed by atoms with E-state index in [2.05, 4.69) is 23.4 Å². The van der Waals surface area contributed by atoms with Gasteiger partial charge in [-0.05, 0) is 13.3 Å². The van der Waals surface area contributed by atoms with E-state index in [-0.39, 0.29) is 5.92 Å². The van der Waals surface area contributed by atoms with Crippen LogP contribution in [0.4, 0.5) is 5.82 Å². The first-order valence-corrected chi connectivity index (χ1v) is 5.93. The number of nitrogens with two attached hydrogens (primary N) is 1. The second-order valence-corrected chi connectivity index (χ2v) is 4.29. The molecular weight excluding hydrogens is 202 g/mol. The van der Waals surface area contributed by atoms with Gasteiger partial charge >= 0.3 is 0 Å². The number of hydrogen-bond donors (Lipinski definition) is 1. The van der Waals surface area contributed by atoms with Crippen LogP contribution in [0, 0.1) is 6.92 Å². The summed E-state index contributed by atoms with van der Waals surface area (Å²) in [6.45, 7) is 7.90. The minimum Gasteiger partial charge on any atom is -0.384 e. The fraction of sp³-hybridized carbons (Fsp3) is 0.750. The maximum Gasteiger partial charge on any atom is 0.127 e. The first-order valence-electron chi connectivity index (χ1n) is 5.93. The highest BCUT2D eigenvalue weighted by Gasteiger charge is 2.16. The van der Waals surface area contributed by atoms with Gasteiger partial charge in [0.2, 0.25) is 0 Å². The van der Waals surface area contributed by atoms with Crippen molar-refractivity contribution in [3.05, 3.63) is 11.5 Å². The van der Waals surface area contributed by atoms with Crippen LogP contribution in [-0.4, -0.2) is 23.3 Å². The first kappa shape index (κ1) is 13.0.